The van der Waals surface area contributed by atoms with Crippen LogP contribution in [0.3, 0.4) is 0 Å². The molecule has 1 aliphatic heterocycles. The molecule has 1 aliphatic carbocycles. The van der Waals surface area contributed by atoms with Crippen LogP contribution in [-0.4, -0.2) is 54.5 Å². The van der Waals surface area contributed by atoms with E-state index in [0.717, 1.165) is 32.5 Å². The Bertz CT molecular complexity index is 295. The van der Waals surface area contributed by atoms with Crippen LogP contribution in [0.1, 0.15) is 39.0 Å². The van der Waals surface area contributed by atoms with Crippen molar-refractivity contribution in [1.29, 1.82) is 0 Å². The van der Waals surface area contributed by atoms with E-state index in [-0.39, 0.29) is 0 Å². The minimum atomic E-state index is 0.321. The van der Waals surface area contributed by atoms with Gasteiger partial charge in [-0.15, -0.1) is 0 Å². The van der Waals surface area contributed by atoms with E-state index in [0.29, 0.717) is 30.3 Å². The Morgan fingerprint density at radius 2 is 2.11 bits per heavy atom. The summed E-state index contributed by atoms with van der Waals surface area (Å²) < 4.78 is 0. The highest BCUT2D eigenvalue weighted by Crippen LogP contribution is 2.27. The second-order valence-electron chi connectivity index (χ2n) is 6.20. The number of hydrogen-bond donors (Lipinski definition) is 1. The van der Waals surface area contributed by atoms with Crippen LogP contribution in [0, 0.1) is 5.92 Å². The lowest BCUT2D eigenvalue weighted by Crippen LogP contribution is -2.53. The monoisotopic (exact) mass is 253 g/mol. The third kappa shape index (κ3) is 3.45. The maximum atomic E-state index is 12.4. The molecule has 1 saturated carbocycles. The molecular weight excluding hydrogens is 226 g/mol. The number of hydrogen-bond acceptors (Lipinski definition) is 3. The molecule has 2 aliphatic rings. The van der Waals surface area contributed by atoms with Gasteiger partial charge < -0.3 is 15.5 Å². The van der Waals surface area contributed by atoms with Gasteiger partial charge in [0.05, 0.1) is 0 Å². The summed E-state index contributed by atoms with van der Waals surface area (Å²) in [5.74, 6) is 0.864. The molecule has 1 amide bonds. The first-order chi connectivity index (χ1) is 8.56. The molecule has 2 rings (SSSR count). The van der Waals surface area contributed by atoms with E-state index in [2.05, 4.69) is 23.8 Å². The van der Waals surface area contributed by atoms with Crippen LogP contribution < -0.4 is 5.73 Å². The first-order valence-electron chi connectivity index (χ1n) is 7.30. The van der Waals surface area contributed by atoms with Gasteiger partial charge in [-0.05, 0) is 39.2 Å². The standard InChI is InChI=1S/C14H27N3O/c1-11-10-16(2)6-7-17(11)14(18)9-12-4-3-5-13(15)8-12/h11-13H,3-10,15H2,1-2H3. The van der Waals surface area contributed by atoms with Crippen molar-refractivity contribution in [2.75, 3.05) is 26.7 Å². The quantitative estimate of drug-likeness (QED) is 0.800. The highest BCUT2D eigenvalue weighted by atomic mass is 16.2. The van der Waals surface area contributed by atoms with Crippen LogP contribution in [0.5, 0.6) is 0 Å². The summed E-state index contributed by atoms with van der Waals surface area (Å²) in [7, 11) is 2.12. The van der Waals surface area contributed by atoms with Crippen molar-refractivity contribution >= 4 is 5.91 Å². The lowest BCUT2D eigenvalue weighted by molar-refractivity contribution is -0.136. The Balaban J connectivity index is 1.83. The minimum Gasteiger partial charge on any atom is -0.337 e. The zero-order valence-corrected chi connectivity index (χ0v) is 11.8. The number of nitrogens with zero attached hydrogens (tertiary/aromatic N) is 2. The van der Waals surface area contributed by atoms with Crippen LogP contribution in [0.4, 0.5) is 0 Å². The summed E-state index contributed by atoms with van der Waals surface area (Å²) in [6, 6.07) is 0.676. The number of piperazine rings is 1. The van der Waals surface area contributed by atoms with Gasteiger partial charge in [-0.25, -0.2) is 0 Å². The lowest BCUT2D eigenvalue weighted by Gasteiger charge is -2.39. The molecule has 0 aromatic rings. The zero-order chi connectivity index (χ0) is 13.1. The van der Waals surface area contributed by atoms with Gasteiger partial charge in [0.25, 0.3) is 0 Å². The number of nitrogens with two attached hydrogens (primary N) is 1. The fraction of sp³-hybridized carbons (Fsp3) is 0.929. The molecule has 1 heterocycles. The van der Waals surface area contributed by atoms with E-state index in [9.17, 15) is 4.79 Å². The van der Waals surface area contributed by atoms with E-state index < -0.39 is 0 Å². The maximum absolute atomic E-state index is 12.4. The number of carbonyl (C=O) groups is 1. The molecule has 0 bridgehead atoms. The third-order valence-corrected chi connectivity index (χ3v) is 4.44. The zero-order valence-electron chi connectivity index (χ0n) is 11.8. The van der Waals surface area contributed by atoms with E-state index in [1.54, 1.807) is 0 Å². The van der Waals surface area contributed by atoms with Gasteiger partial charge >= 0.3 is 0 Å². The molecule has 104 valence electrons. The van der Waals surface area contributed by atoms with Crippen molar-refractivity contribution in [2.45, 2.75) is 51.1 Å². The van der Waals surface area contributed by atoms with Gasteiger partial charge in [0.1, 0.15) is 0 Å². The van der Waals surface area contributed by atoms with Crippen molar-refractivity contribution in [2.24, 2.45) is 11.7 Å². The van der Waals surface area contributed by atoms with E-state index in [4.69, 9.17) is 5.73 Å². The van der Waals surface area contributed by atoms with Crippen LogP contribution in [0.25, 0.3) is 0 Å². The molecule has 2 N–H and O–H groups in total. The number of rotatable bonds is 2. The Morgan fingerprint density at radius 1 is 1.33 bits per heavy atom. The SMILES string of the molecule is CC1CN(C)CCN1C(=O)CC1CCCC(N)C1. The number of amides is 1. The first-order valence-corrected chi connectivity index (χ1v) is 7.30. The Labute approximate surface area is 110 Å². The van der Waals surface area contributed by atoms with Crippen LogP contribution in [0.15, 0.2) is 0 Å². The normalized spacial score (nSPS) is 34.6. The Morgan fingerprint density at radius 3 is 2.78 bits per heavy atom. The van der Waals surface area contributed by atoms with E-state index in [1.165, 1.54) is 12.8 Å². The molecular formula is C14H27N3O. The van der Waals surface area contributed by atoms with Crippen molar-refractivity contribution in [3.63, 3.8) is 0 Å². The van der Waals surface area contributed by atoms with E-state index >= 15 is 0 Å². The average Bonchev–Trinajstić information content (AvgIpc) is 2.28. The summed E-state index contributed by atoms with van der Waals surface area (Å²) in [4.78, 5) is 16.7. The highest BCUT2D eigenvalue weighted by Gasteiger charge is 2.28. The Hall–Kier alpha value is -0.610. The smallest absolute Gasteiger partial charge is 0.223 e. The summed E-state index contributed by atoms with van der Waals surface area (Å²) in [5.41, 5.74) is 5.99. The van der Waals surface area contributed by atoms with Gasteiger partial charge in [0, 0.05) is 38.1 Å². The molecule has 4 heteroatoms. The molecule has 0 spiro atoms. The summed E-state index contributed by atoms with van der Waals surface area (Å²) in [6.45, 7) is 5.03. The second kappa shape index (κ2) is 6.02. The molecule has 18 heavy (non-hydrogen) atoms. The van der Waals surface area contributed by atoms with Gasteiger partial charge in [-0.2, -0.15) is 0 Å². The predicted octanol–water partition coefficient (Wildman–Crippen LogP) is 1.06. The molecule has 3 unspecified atom stereocenters. The first kappa shape index (κ1) is 13.8. The summed E-state index contributed by atoms with van der Waals surface area (Å²) in [6.07, 6.45) is 5.25. The van der Waals surface area contributed by atoms with E-state index in [1.807, 2.05) is 0 Å². The largest absolute Gasteiger partial charge is 0.337 e. The predicted molar refractivity (Wildman–Crippen MR) is 73.2 cm³/mol. The molecule has 0 aromatic heterocycles. The second-order valence-corrected chi connectivity index (χ2v) is 6.20. The topological polar surface area (TPSA) is 49.6 Å². The van der Waals surface area contributed by atoms with Crippen LogP contribution in [-0.2, 0) is 4.79 Å². The van der Waals surface area contributed by atoms with Crippen molar-refractivity contribution in [3.8, 4) is 0 Å². The minimum absolute atomic E-state index is 0.321. The highest BCUT2D eigenvalue weighted by molar-refractivity contribution is 5.77. The lowest BCUT2D eigenvalue weighted by atomic mass is 9.84. The van der Waals surface area contributed by atoms with Gasteiger partial charge in [0.15, 0.2) is 0 Å². The van der Waals surface area contributed by atoms with Crippen molar-refractivity contribution in [1.82, 2.24) is 9.80 Å². The summed E-state index contributed by atoms with van der Waals surface area (Å²) >= 11 is 0. The molecule has 0 aromatic carbocycles. The third-order valence-electron chi connectivity index (χ3n) is 4.44. The molecule has 2 fully saturated rings. The Kier molecular flexibility index (Phi) is 4.62. The van der Waals surface area contributed by atoms with Crippen LogP contribution in [0.2, 0.25) is 0 Å². The van der Waals surface area contributed by atoms with Crippen LogP contribution >= 0.6 is 0 Å². The van der Waals surface area contributed by atoms with Crippen molar-refractivity contribution in [3.05, 3.63) is 0 Å². The maximum Gasteiger partial charge on any atom is 0.223 e. The molecule has 0 radical (unpaired) electrons. The number of likely N-dealkylation sites (N-methyl/N-ethyl adjacent to an activating group) is 1. The molecule has 3 atom stereocenters. The fourth-order valence-electron chi connectivity index (χ4n) is 3.39. The van der Waals surface area contributed by atoms with Gasteiger partial charge in [-0.1, -0.05) is 6.42 Å². The number of carbonyl (C=O) groups excluding carboxylic acids is 1. The van der Waals surface area contributed by atoms with Gasteiger partial charge in [0.2, 0.25) is 5.91 Å². The average molecular weight is 253 g/mol. The fourth-order valence-corrected chi connectivity index (χ4v) is 3.39. The van der Waals surface area contributed by atoms with Gasteiger partial charge in [-0.3, -0.25) is 4.79 Å². The summed E-state index contributed by atoms with van der Waals surface area (Å²) in [5, 5.41) is 0. The van der Waals surface area contributed by atoms with Crippen molar-refractivity contribution < 1.29 is 4.79 Å². The molecule has 4 nitrogen and oxygen atoms in total. The molecule has 1 saturated heterocycles.